The summed E-state index contributed by atoms with van der Waals surface area (Å²) in [7, 11) is 6.02. The molecular formula is C16H18BN. The van der Waals surface area contributed by atoms with Gasteiger partial charge in [-0.3, -0.25) is 0 Å². The van der Waals surface area contributed by atoms with E-state index in [9.17, 15) is 0 Å². The molecule has 18 heavy (non-hydrogen) atoms. The quantitative estimate of drug-likeness (QED) is 0.785. The zero-order chi connectivity index (χ0) is 13.2. The number of anilines is 2. The molecule has 0 unspecified atom stereocenters. The van der Waals surface area contributed by atoms with E-state index < -0.39 is 0 Å². The molecule has 2 aromatic rings. The summed E-state index contributed by atoms with van der Waals surface area (Å²) < 4.78 is 0. The number of benzene rings is 2. The van der Waals surface area contributed by atoms with Crippen LogP contribution in [0.15, 0.2) is 48.5 Å². The topological polar surface area (TPSA) is 12.0 Å². The molecule has 0 bridgehead atoms. The first-order valence-electron chi connectivity index (χ1n) is 6.19. The van der Waals surface area contributed by atoms with Gasteiger partial charge in [0, 0.05) is 11.4 Å². The van der Waals surface area contributed by atoms with Crippen LogP contribution in [-0.4, -0.2) is 7.85 Å². The lowest BCUT2D eigenvalue weighted by Crippen LogP contribution is -2.16. The normalized spacial score (nSPS) is 11.3. The van der Waals surface area contributed by atoms with E-state index >= 15 is 0 Å². The Morgan fingerprint density at radius 3 is 2.22 bits per heavy atom. The zero-order valence-corrected chi connectivity index (χ0v) is 11.2. The predicted octanol–water partition coefficient (Wildman–Crippen LogP) is 3.52. The molecule has 0 atom stereocenters. The molecule has 0 saturated carbocycles. The van der Waals surface area contributed by atoms with E-state index in [1.807, 2.05) is 36.4 Å². The number of hydrogen-bond donors (Lipinski definition) is 1. The van der Waals surface area contributed by atoms with Crippen molar-refractivity contribution in [2.45, 2.75) is 26.2 Å². The van der Waals surface area contributed by atoms with Crippen LogP contribution in [0.2, 0.25) is 0 Å². The first kappa shape index (κ1) is 12.8. The van der Waals surface area contributed by atoms with Gasteiger partial charge in [-0.1, -0.05) is 56.6 Å². The molecular weight excluding hydrogens is 217 g/mol. The molecule has 0 aliphatic heterocycles. The summed E-state index contributed by atoms with van der Waals surface area (Å²) in [6.07, 6.45) is 0. The number of nitrogens with one attached hydrogen (secondary N) is 1. The first-order chi connectivity index (χ1) is 8.47. The van der Waals surface area contributed by atoms with Gasteiger partial charge in [0.1, 0.15) is 7.85 Å². The third-order valence-corrected chi connectivity index (χ3v) is 2.97. The fourth-order valence-corrected chi connectivity index (χ4v) is 1.81. The van der Waals surface area contributed by atoms with Crippen molar-refractivity contribution in [1.29, 1.82) is 0 Å². The highest BCUT2D eigenvalue weighted by molar-refractivity contribution is 6.36. The second-order valence-electron chi connectivity index (χ2n) is 5.54. The summed E-state index contributed by atoms with van der Waals surface area (Å²) in [4.78, 5) is 0. The highest BCUT2D eigenvalue weighted by Gasteiger charge is 2.14. The number of para-hydroxylation sites is 1. The lowest BCUT2D eigenvalue weighted by Gasteiger charge is -2.21. The molecule has 1 nitrogen and oxygen atoms in total. The van der Waals surface area contributed by atoms with Gasteiger partial charge in [-0.25, -0.2) is 0 Å². The van der Waals surface area contributed by atoms with Crippen molar-refractivity contribution in [1.82, 2.24) is 0 Å². The Morgan fingerprint density at radius 2 is 1.61 bits per heavy atom. The van der Waals surface area contributed by atoms with Crippen molar-refractivity contribution in [3.05, 3.63) is 54.1 Å². The van der Waals surface area contributed by atoms with Crippen molar-refractivity contribution in [3.8, 4) is 0 Å². The Bertz CT molecular complexity index is 527. The SMILES string of the molecule is [B]c1ccc(C(C)(C)C)cc1Nc1ccccc1. The molecule has 0 spiro atoms. The van der Waals surface area contributed by atoms with Crippen molar-refractivity contribution in [3.63, 3.8) is 0 Å². The van der Waals surface area contributed by atoms with Crippen LogP contribution in [-0.2, 0) is 5.41 Å². The molecule has 1 N–H and O–H groups in total. The minimum absolute atomic E-state index is 0.126. The van der Waals surface area contributed by atoms with Crippen LogP contribution < -0.4 is 10.8 Å². The Labute approximate surface area is 111 Å². The molecule has 90 valence electrons. The second-order valence-corrected chi connectivity index (χ2v) is 5.54. The molecule has 2 rings (SSSR count). The highest BCUT2D eigenvalue weighted by Crippen LogP contribution is 2.24. The average Bonchev–Trinajstić information content (AvgIpc) is 2.32. The van der Waals surface area contributed by atoms with Crippen LogP contribution in [0.25, 0.3) is 0 Å². The summed E-state index contributed by atoms with van der Waals surface area (Å²) in [5, 5.41) is 3.36. The molecule has 0 aliphatic carbocycles. The predicted molar refractivity (Wildman–Crippen MR) is 80.3 cm³/mol. The van der Waals surface area contributed by atoms with Crippen LogP contribution in [0.4, 0.5) is 11.4 Å². The molecule has 0 fully saturated rings. The lowest BCUT2D eigenvalue weighted by molar-refractivity contribution is 0.590. The maximum Gasteiger partial charge on any atom is 0.116 e. The average molecular weight is 235 g/mol. The fourth-order valence-electron chi connectivity index (χ4n) is 1.81. The Kier molecular flexibility index (Phi) is 3.47. The Balaban J connectivity index is 2.33. The van der Waals surface area contributed by atoms with E-state index in [1.165, 1.54) is 5.56 Å². The number of rotatable bonds is 2. The summed E-state index contributed by atoms with van der Waals surface area (Å²) in [6, 6.07) is 16.3. The maximum atomic E-state index is 6.02. The van der Waals surface area contributed by atoms with Crippen molar-refractivity contribution in [2.24, 2.45) is 0 Å². The monoisotopic (exact) mass is 235 g/mol. The van der Waals surface area contributed by atoms with Crippen LogP contribution in [0.3, 0.4) is 0 Å². The zero-order valence-electron chi connectivity index (χ0n) is 11.2. The fraction of sp³-hybridized carbons (Fsp3) is 0.250. The number of hydrogen-bond acceptors (Lipinski definition) is 1. The smallest absolute Gasteiger partial charge is 0.116 e. The molecule has 0 aliphatic rings. The van der Waals surface area contributed by atoms with Gasteiger partial charge in [0.15, 0.2) is 0 Å². The highest BCUT2D eigenvalue weighted by atomic mass is 14.9. The van der Waals surface area contributed by atoms with Gasteiger partial charge in [0.05, 0.1) is 0 Å². The molecule has 0 amide bonds. The lowest BCUT2D eigenvalue weighted by atomic mass is 9.83. The molecule has 2 heteroatoms. The van der Waals surface area contributed by atoms with E-state index in [2.05, 4.69) is 38.2 Å². The summed E-state index contributed by atoms with van der Waals surface area (Å²) >= 11 is 0. The molecule has 0 aromatic heterocycles. The van der Waals surface area contributed by atoms with E-state index in [-0.39, 0.29) is 5.41 Å². The first-order valence-corrected chi connectivity index (χ1v) is 6.19. The second kappa shape index (κ2) is 4.89. The standard InChI is InChI=1S/C16H18BN/c1-16(2,3)12-9-10-14(17)15(11-12)18-13-7-5-4-6-8-13/h4-11,18H,1-3H3. The van der Waals surface area contributed by atoms with Gasteiger partial charge in [-0.05, 0) is 29.2 Å². The van der Waals surface area contributed by atoms with Crippen LogP contribution in [0.1, 0.15) is 26.3 Å². The third-order valence-electron chi connectivity index (χ3n) is 2.97. The minimum Gasteiger partial charge on any atom is -0.356 e. The van der Waals surface area contributed by atoms with Gasteiger partial charge >= 0.3 is 0 Å². The largest absolute Gasteiger partial charge is 0.356 e. The van der Waals surface area contributed by atoms with Gasteiger partial charge in [0.2, 0.25) is 0 Å². The third kappa shape index (κ3) is 2.95. The summed E-state index contributed by atoms with van der Waals surface area (Å²) in [5.41, 5.74) is 4.19. The summed E-state index contributed by atoms with van der Waals surface area (Å²) in [6.45, 7) is 6.60. The molecule has 2 aromatic carbocycles. The van der Waals surface area contributed by atoms with E-state index in [1.54, 1.807) is 0 Å². The van der Waals surface area contributed by atoms with E-state index in [0.717, 1.165) is 16.8 Å². The van der Waals surface area contributed by atoms with Crippen LogP contribution in [0.5, 0.6) is 0 Å². The van der Waals surface area contributed by atoms with Crippen LogP contribution >= 0.6 is 0 Å². The maximum absolute atomic E-state index is 6.02. The molecule has 0 heterocycles. The van der Waals surface area contributed by atoms with Crippen molar-refractivity contribution >= 4 is 24.7 Å². The van der Waals surface area contributed by atoms with Gasteiger partial charge in [0.25, 0.3) is 0 Å². The van der Waals surface area contributed by atoms with E-state index in [0.29, 0.717) is 0 Å². The van der Waals surface area contributed by atoms with E-state index in [4.69, 9.17) is 7.85 Å². The molecule has 2 radical (unpaired) electrons. The van der Waals surface area contributed by atoms with Crippen LogP contribution in [0, 0.1) is 0 Å². The molecule has 0 saturated heterocycles. The van der Waals surface area contributed by atoms with Gasteiger partial charge < -0.3 is 5.32 Å². The van der Waals surface area contributed by atoms with Gasteiger partial charge in [-0.15, -0.1) is 0 Å². The minimum atomic E-state index is 0.126. The van der Waals surface area contributed by atoms with Crippen molar-refractivity contribution < 1.29 is 0 Å². The van der Waals surface area contributed by atoms with Gasteiger partial charge in [-0.2, -0.15) is 0 Å². The summed E-state index contributed by atoms with van der Waals surface area (Å²) in [5.74, 6) is 0. The van der Waals surface area contributed by atoms with Crippen molar-refractivity contribution in [2.75, 3.05) is 5.32 Å². The Hall–Kier alpha value is -1.70. The Morgan fingerprint density at radius 1 is 0.944 bits per heavy atom.